The number of aliphatic hydroxyl groups excluding tert-OH is 1. The predicted octanol–water partition coefficient (Wildman–Crippen LogP) is 1.28. The molecule has 0 spiro atoms. The molecule has 0 radical (unpaired) electrons. The van der Waals surface area contributed by atoms with Crippen LogP contribution in [0.2, 0.25) is 0 Å². The normalized spacial score (nSPS) is 34.2. The molecule has 1 aliphatic rings. The monoisotopic (exact) mass is 163 g/mol. The molecule has 0 unspecified atom stereocenters. The second-order valence-corrected chi connectivity index (χ2v) is 3.16. The molecule has 0 aromatic rings. The van der Waals surface area contributed by atoms with Crippen molar-refractivity contribution in [2.45, 2.75) is 31.7 Å². The lowest BCUT2D eigenvalue weighted by molar-refractivity contribution is 0.164. The molecule has 0 aliphatic heterocycles. The summed E-state index contributed by atoms with van der Waals surface area (Å²) in [6, 6.07) is 0.334. The fourth-order valence-electron chi connectivity index (χ4n) is 1.57. The van der Waals surface area contributed by atoms with Crippen molar-refractivity contribution in [2.24, 2.45) is 5.92 Å². The molecule has 1 fully saturated rings. The number of nitrogens with one attached hydrogen (secondary N) is 1. The van der Waals surface area contributed by atoms with E-state index in [4.69, 9.17) is 16.9 Å². The lowest BCUT2D eigenvalue weighted by atomic mass is 9.86. The predicted molar refractivity (Wildman–Crippen MR) is 41.8 cm³/mol. The van der Waals surface area contributed by atoms with Gasteiger partial charge in [-0.3, -0.25) is 0 Å². The average Bonchev–Trinajstić information content (AvgIpc) is 2.04. The summed E-state index contributed by atoms with van der Waals surface area (Å²) < 4.78 is 0. The van der Waals surface area contributed by atoms with Crippen molar-refractivity contribution in [1.29, 1.82) is 0 Å². The summed E-state index contributed by atoms with van der Waals surface area (Å²) in [6.45, 7) is 0.268. The molecule has 3 heteroatoms. The van der Waals surface area contributed by atoms with Crippen LogP contribution in [0.3, 0.4) is 0 Å². The van der Waals surface area contributed by atoms with Gasteiger partial charge in [-0.15, -0.1) is 0 Å². The SMILES string of the molecule is OC[C@H]1CCCC[C@@H]1NCl. The fourth-order valence-corrected chi connectivity index (χ4v) is 1.86. The fraction of sp³-hybridized carbons (Fsp3) is 1.00. The van der Waals surface area contributed by atoms with Gasteiger partial charge >= 0.3 is 0 Å². The molecular formula is C7H14ClNO. The van der Waals surface area contributed by atoms with Crippen LogP contribution in [0.25, 0.3) is 0 Å². The van der Waals surface area contributed by atoms with E-state index in [2.05, 4.69) is 4.84 Å². The highest BCUT2D eigenvalue weighted by atomic mass is 35.5. The van der Waals surface area contributed by atoms with Gasteiger partial charge in [0.25, 0.3) is 0 Å². The Labute approximate surface area is 66.7 Å². The van der Waals surface area contributed by atoms with Crippen molar-refractivity contribution < 1.29 is 5.11 Å². The first kappa shape index (κ1) is 8.31. The van der Waals surface area contributed by atoms with Crippen LogP contribution in [0.5, 0.6) is 0 Å². The van der Waals surface area contributed by atoms with Crippen molar-refractivity contribution >= 4 is 11.8 Å². The summed E-state index contributed by atoms with van der Waals surface area (Å²) in [4.78, 5) is 2.72. The van der Waals surface area contributed by atoms with E-state index in [1.54, 1.807) is 0 Å². The van der Waals surface area contributed by atoms with Crippen molar-refractivity contribution in [3.8, 4) is 0 Å². The van der Waals surface area contributed by atoms with Gasteiger partial charge in [-0.05, 0) is 30.5 Å². The molecule has 1 rings (SSSR count). The van der Waals surface area contributed by atoms with E-state index in [9.17, 15) is 0 Å². The van der Waals surface area contributed by atoms with Crippen molar-refractivity contribution in [3.05, 3.63) is 0 Å². The Balaban J connectivity index is 2.34. The third-order valence-corrected chi connectivity index (χ3v) is 2.56. The van der Waals surface area contributed by atoms with E-state index in [-0.39, 0.29) is 6.61 Å². The highest BCUT2D eigenvalue weighted by Gasteiger charge is 2.22. The second-order valence-electron chi connectivity index (χ2n) is 2.94. The highest BCUT2D eigenvalue weighted by molar-refractivity contribution is 6.13. The number of rotatable bonds is 2. The number of halogens is 1. The molecule has 0 heterocycles. The largest absolute Gasteiger partial charge is 0.396 e. The lowest BCUT2D eigenvalue weighted by Crippen LogP contribution is -2.35. The van der Waals surface area contributed by atoms with Crippen molar-refractivity contribution in [1.82, 2.24) is 4.84 Å². The molecule has 0 aromatic heterocycles. The smallest absolute Gasteiger partial charge is 0.0474 e. The van der Waals surface area contributed by atoms with Crippen LogP contribution in [0.15, 0.2) is 0 Å². The Hall–Kier alpha value is 0.210. The molecule has 0 aromatic carbocycles. The zero-order valence-corrected chi connectivity index (χ0v) is 6.77. The molecule has 0 bridgehead atoms. The van der Waals surface area contributed by atoms with Gasteiger partial charge in [-0.2, -0.15) is 0 Å². The Bertz CT molecular complexity index is 87.6. The quantitative estimate of drug-likeness (QED) is 0.602. The minimum atomic E-state index is 0.268. The molecule has 2 atom stereocenters. The van der Waals surface area contributed by atoms with Crippen LogP contribution in [0.4, 0.5) is 0 Å². The molecule has 0 saturated heterocycles. The van der Waals surface area contributed by atoms with Gasteiger partial charge < -0.3 is 5.11 Å². The zero-order valence-electron chi connectivity index (χ0n) is 6.02. The molecule has 2 N–H and O–H groups in total. The topological polar surface area (TPSA) is 32.3 Å². The van der Waals surface area contributed by atoms with Crippen LogP contribution >= 0.6 is 11.8 Å². The summed E-state index contributed by atoms with van der Waals surface area (Å²) in [5.74, 6) is 0.381. The maximum atomic E-state index is 8.89. The van der Waals surface area contributed by atoms with Gasteiger partial charge in [0.05, 0.1) is 0 Å². The van der Waals surface area contributed by atoms with Gasteiger partial charge in [0.15, 0.2) is 0 Å². The summed E-state index contributed by atoms with van der Waals surface area (Å²) in [6.07, 6.45) is 4.69. The van der Waals surface area contributed by atoms with Gasteiger partial charge in [0.2, 0.25) is 0 Å². The van der Waals surface area contributed by atoms with E-state index < -0.39 is 0 Å². The summed E-state index contributed by atoms with van der Waals surface area (Å²) in [5.41, 5.74) is 0. The minimum Gasteiger partial charge on any atom is -0.396 e. The summed E-state index contributed by atoms with van der Waals surface area (Å²) in [7, 11) is 0. The van der Waals surface area contributed by atoms with E-state index in [0.717, 1.165) is 12.8 Å². The minimum absolute atomic E-state index is 0.268. The summed E-state index contributed by atoms with van der Waals surface area (Å²) >= 11 is 5.49. The molecule has 1 aliphatic carbocycles. The van der Waals surface area contributed by atoms with E-state index in [0.29, 0.717) is 12.0 Å². The Morgan fingerprint density at radius 2 is 2.10 bits per heavy atom. The van der Waals surface area contributed by atoms with Crippen LogP contribution in [0.1, 0.15) is 25.7 Å². The van der Waals surface area contributed by atoms with Gasteiger partial charge in [0.1, 0.15) is 0 Å². The first-order chi connectivity index (χ1) is 4.88. The molecule has 10 heavy (non-hydrogen) atoms. The van der Waals surface area contributed by atoms with Gasteiger partial charge in [-0.25, -0.2) is 4.84 Å². The Kier molecular flexibility index (Phi) is 3.46. The Morgan fingerprint density at radius 1 is 1.40 bits per heavy atom. The lowest BCUT2D eigenvalue weighted by Gasteiger charge is -2.28. The first-order valence-corrected chi connectivity index (χ1v) is 4.23. The Morgan fingerprint density at radius 3 is 2.60 bits per heavy atom. The van der Waals surface area contributed by atoms with E-state index >= 15 is 0 Å². The van der Waals surface area contributed by atoms with E-state index in [1.165, 1.54) is 12.8 Å². The van der Waals surface area contributed by atoms with Crippen LogP contribution in [-0.4, -0.2) is 17.8 Å². The summed E-state index contributed by atoms with van der Waals surface area (Å²) in [5, 5.41) is 8.89. The number of hydrogen-bond acceptors (Lipinski definition) is 2. The maximum absolute atomic E-state index is 8.89. The van der Waals surface area contributed by atoms with Gasteiger partial charge in [0, 0.05) is 12.6 Å². The first-order valence-electron chi connectivity index (χ1n) is 3.85. The molecule has 1 saturated carbocycles. The highest BCUT2D eigenvalue weighted by Crippen LogP contribution is 2.23. The van der Waals surface area contributed by atoms with E-state index in [1.807, 2.05) is 0 Å². The standard InChI is InChI=1S/C7H14ClNO/c8-9-7-4-2-1-3-6(7)5-10/h6-7,9-10H,1-5H2/t6-,7+/m1/s1. The molecular weight excluding hydrogens is 150 g/mol. The van der Waals surface area contributed by atoms with Crippen molar-refractivity contribution in [3.63, 3.8) is 0 Å². The molecule has 0 amide bonds. The maximum Gasteiger partial charge on any atom is 0.0474 e. The second kappa shape index (κ2) is 4.16. The number of hydrogen-bond donors (Lipinski definition) is 2. The van der Waals surface area contributed by atoms with Gasteiger partial charge in [-0.1, -0.05) is 12.8 Å². The third-order valence-electron chi connectivity index (χ3n) is 2.28. The van der Waals surface area contributed by atoms with Crippen LogP contribution in [-0.2, 0) is 0 Å². The average molecular weight is 164 g/mol. The molecule has 2 nitrogen and oxygen atoms in total. The zero-order chi connectivity index (χ0) is 7.40. The van der Waals surface area contributed by atoms with Crippen molar-refractivity contribution in [2.75, 3.05) is 6.61 Å². The number of aliphatic hydroxyl groups is 1. The van der Waals surface area contributed by atoms with Crippen LogP contribution < -0.4 is 4.84 Å². The third kappa shape index (κ3) is 1.84. The van der Waals surface area contributed by atoms with Crippen LogP contribution in [0, 0.1) is 5.92 Å². The molecule has 60 valence electrons.